The lowest BCUT2D eigenvalue weighted by Gasteiger charge is -2.27. The molecule has 1 N–H and O–H groups in total. The van der Waals surface area contributed by atoms with E-state index in [4.69, 9.17) is 9.47 Å². The normalized spacial score (nSPS) is 26.8. The molecular weight excluding hydrogens is 254 g/mol. The van der Waals surface area contributed by atoms with Gasteiger partial charge < -0.3 is 19.7 Å². The van der Waals surface area contributed by atoms with Gasteiger partial charge >= 0.3 is 0 Å². The second-order valence-corrected chi connectivity index (χ2v) is 5.53. The molecule has 3 heterocycles. The third-order valence-corrected chi connectivity index (χ3v) is 3.94. The molecule has 1 aromatic heterocycles. The summed E-state index contributed by atoms with van der Waals surface area (Å²) in [5.74, 6) is 1.03. The van der Waals surface area contributed by atoms with Crippen LogP contribution in [-0.2, 0) is 9.47 Å². The minimum atomic E-state index is 0.337. The van der Waals surface area contributed by atoms with E-state index in [0.717, 1.165) is 50.8 Å². The maximum atomic E-state index is 5.80. The van der Waals surface area contributed by atoms with Gasteiger partial charge in [-0.05, 0) is 31.9 Å². The first-order chi connectivity index (χ1) is 9.81. The highest BCUT2D eigenvalue weighted by atomic mass is 16.5. The molecule has 0 spiro atoms. The van der Waals surface area contributed by atoms with E-state index in [9.17, 15) is 0 Å². The third-order valence-electron chi connectivity index (χ3n) is 3.94. The lowest BCUT2D eigenvalue weighted by atomic mass is 10.2. The number of aromatic nitrogens is 1. The molecule has 2 atom stereocenters. The van der Waals surface area contributed by atoms with Crippen molar-refractivity contribution in [2.24, 2.45) is 0 Å². The average Bonchev–Trinajstić information content (AvgIpc) is 2.92. The number of pyridine rings is 1. The van der Waals surface area contributed by atoms with E-state index >= 15 is 0 Å². The van der Waals surface area contributed by atoms with Crippen LogP contribution in [0.2, 0.25) is 0 Å². The van der Waals surface area contributed by atoms with Gasteiger partial charge in [-0.1, -0.05) is 0 Å². The molecule has 2 unspecified atom stereocenters. The number of ether oxygens (including phenoxy) is 2. The third kappa shape index (κ3) is 3.41. The van der Waals surface area contributed by atoms with Crippen LogP contribution in [0, 0.1) is 0 Å². The predicted octanol–water partition coefficient (Wildman–Crippen LogP) is 1.90. The Bertz CT molecular complexity index is 418. The van der Waals surface area contributed by atoms with Gasteiger partial charge in [0.05, 0.1) is 37.3 Å². The van der Waals surface area contributed by atoms with Gasteiger partial charge in [0.15, 0.2) is 0 Å². The Balaban J connectivity index is 1.50. The van der Waals surface area contributed by atoms with E-state index in [0.29, 0.717) is 12.2 Å². The first kappa shape index (κ1) is 13.6. The maximum Gasteiger partial charge on any atom is 0.128 e. The highest BCUT2D eigenvalue weighted by molar-refractivity contribution is 5.48. The van der Waals surface area contributed by atoms with E-state index in [-0.39, 0.29) is 0 Å². The van der Waals surface area contributed by atoms with Crippen molar-refractivity contribution in [1.82, 2.24) is 4.98 Å². The monoisotopic (exact) mass is 277 g/mol. The Morgan fingerprint density at radius 2 is 2.15 bits per heavy atom. The molecule has 2 aliphatic heterocycles. The van der Waals surface area contributed by atoms with Crippen LogP contribution in [0.25, 0.3) is 0 Å². The van der Waals surface area contributed by atoms with E-state index < -0.39 is 0 Å². The fourth-order valence-corrected chi connectivity index (χ4v) is 2.74. The molecule has 2 fully saturated rings. The number of anilines is 2. The number of nitrogens with one attached hydrogen (secondary N) is 1. The Kier molecular flexibility index (Phi) is 4.38. The Morgan fingerprint density at radius 1 is 1.30 bits per heavy atom. The fourth-order valence-electron chi connectivity index (χ4n) is 2.74. The summed E-state index contributed by atoms with van der Waals surface area (Å²) in [6.07, 6.45) is 4.96. The van der Waals surface area contributed by atoms with Crippen molar-refractivity contribution in [3.63, 3.8) is 0 Å². The largest absolute Gasteiger partial charge is 0.381 e. The summed E-state index contributed by atoms with van der Waals surface area (Å²) >= 11 is 0. The van der Waals surface area contributed by atoms with Crippen molar-refractivity contribution < 1.29 is 9.47 Å². The molecule has 2 aliphatic rings. The minimum Gasteiger partial charge on any atom is -0.381 e. The lowest BCUT2D eigenvalue weighted by Crippen LogP contribution is -2.36. The van der Waals surface area contributed by atoms with E-state index in [2.05, 4.69) is 34.3 Å². The van der Waals surface area contributed by atoms with Gasteiger partial charge in [0.1, 0.15) is 5.82 Å². The standard InChI is InChI=1S/C15H23N3O2/c1-12-2-4-14(20-12)11-16-13-3-5-15(17-10-13)18-6-8-19-9-7-18/h3,5,10,12,14,16H,2,4,6-9,11H2,1H3. The van der Waals surface area contributed by atoms with Crippen LogP contribution in [0.4, 0.5) is 11.5 Å². The molecule has 3 rings (SSSR count). The van der Waals surface area contributed by atoms with Crippen molar-refractivity contribution >= 4 is 11.5 Å². The molecule has 5 nitrogen and oxygen atoms in total. The van der Waals surface area contributed by atoms with Crippen molar-refractivity contribution in [2.45, 2.75) is 32.0 Å². The average molecular weight is 277 g/mol. The van der Waals surface area contributed by atoms with E-state index in [1.165, 1.54) is 6.42 Å². The zero-order valence-corrected chi connectivity index (χ0v) is 12.0. The maximum absolute atomic E-state index is 5.80. The Morgan fingerprint density at radius 3 is 2.80 bits per heavy atom. The summed E-state index contributed by atoms with van der Waals surface area (Å²) < 4.78 is 11.2. The van der Waals surface area contributed by atoms with E-state index in [1.54, 1.807) is 0 Å². The molecule has 0 bridgehead atoms. The van der Waals surface area contributed by atoms with Crippen LogP contribution in [0.15, 0.2) is 18.3 Å². The number of rotatable bonds is 4. The van der Waals surface area contributed by atoms with Crippen LogP contribution in [0.5, 0.6) is 0 Å². The van der Waals surface area contributed by atoms with Gasteiger partial charge in [-0.2, -0.15) is 0 Å². The Labute approximate surface area is 120 Å². The fraction of sp³-hybridized carbons (Fsp3) is 0.667. The van der Waals surface area contributed by atoms with Crippen molar-refractivity contribution in [1.29, 1.82) is 0 Å². The molecule has 0 radical (unpaired) electrons. The summed E-state index contributed by atoms with van der Waals surface area (Å²) in [6.45, 7) is 6.43. The van der Waals surface area contributed by atoms with E-state index in [1.807, 2.05) is 6.20 Å². The van der Waals surface area contributed by atoms with Crippen LogP contribution in [0.3, 0.4) is 0 Å². The van der Waals surface area contributed by atoms with Gasteiger partial charge in [-0.3, -0.25) is 0 Å². The number of hydrogen-bond donors (Lipinski definition) is 1. The predicted molar refractivity (Wildman–Crippen MR) is 79.3 cm³/mol. The van der Waals surface area contributed by atoms with Gasteiger partial charge in [-0.25, -0.2) is 4.98 Å². The van der Waals surface area contributed by atoms with Crippen molar-refractivity contribution in [3.8, 4) is 0 Å². The molecule has 5 heteroatoms. The number of morpholine rings is 1. The second-order valence-electron chi connectivity index (χ2n) is 5.53. The van der Waals surface area contributed by atoms with Crippen LogP contribution in [-0.4, -0.2) is 50.0 Å². The van der Waals surface area contributed by atoms with Gasteiger partial charge in [-0.15, -0.1) is 0 Å². The molecule has 0 amide bonds. The van der Waals surface area contributed by atoms with Gasteiger partial charge in [0.25, 0.3) is 0 Å². The number of hydrogen-bond acceptors (Lipinski definition) is 5. The second kappa shape index (κ2) is 6.41. The summed E-state index contributed by atoms with van der Waals surface area (Å²) in [4.78, 5) is 6.79. The molecule has 110 valence electrons. The minimum absolute atomic E-state index is 0.337. The lowest BCUT2D eigenvalue weighted by molar-refractivity contribution is 0.0637. The summed E-state index contributed by atoms with van der Waals surface area (Å²) in [6, 6.07) is 4.17. The Hall–Kier alpha value is -1.33. The molecule has 1 aromatic rings. The van der Waals surface area contributed by atoms with Crippen LogP contribution >= 0.6 is 0 Å². The van der Waals surface area contributed by atoms with Crippen LogP contribution in [0.1, 0.15) is 19.8 Å². The van der Waals surface area contributed by atoms with Crippen molar-refractivity contribution in [2.75, 3.05) is 43.1 Å². The van der Waals surface area contributed by atoms with Gasteiger partial charge in [0, 0.05) is 19.6 Å². The summed E-state index contributed by atoms with van der Waals surface area (Å²) in [5, 5.41) is 3.41. The number of nitrogens with zero attached hydrogens (tertiary/aromatic N) is 2. The first-order valence-corrected chi connectivity index (χ1v) is 7.49. The molecule has 20 heavy (non-hydrogen) atoms. The van der Waals surface area contributed by atoms with Crippen molar-refractivity contribution in [3.05, 3.63) is 18.3 Å². The summed E-state index contributed by atoms with van der Waals surface area (Å²) in [7, 11) is 0. The zero-order valence-electron chi connectivity index (χ0n) is 12.0. The summed E-state index contributed by atoms with van der Waals surface area (Å²) in [5.41, 5.74) is 1.06. The highest BCUT2D eigenvalue weighted by Gasteiger charge is 2.21. The smallest absolute Gasteiger partial charge is 0.128 e. The molecule has 2 saturated heterocycles. The van der Waals surface area contributed by atoms with Crippen LogP contribution < -0.4 is 10.2 Å². The molecule has 0 aliphatic carbocycles. The first-order valence-electron chi connectivity index (χ1n) is 7.49. The molecule has 0 saturated carbocycles. The molecular formula is C15H23N3O2. The SMILES string of the molecule is CC1CCC(CNc2ccc(N3CCOCC3)nc2)O1. The highest BCUT2D eigenvalue weighted by Crippen LogP contribution is 2.20. The molecule has 0 aromatic carbocycles. The topological polar surface area (TPSA) is 46.6 Å². The quantitative estimate of drug-likeness (QED) is 0.911. The van der Waals surface area contributed by atoms with Gasteiger partial charge in [0.2, 0.25) is 0 Å². The zero-order chi connectivity index (χ0) is 13.8.